The Bertz CT molecular complexity index is 509. The van der Waals surface area contributed by atoms with E-state index < -0.39 is 0 Å². The van der Waals surface area contributed by atoms with Crippen molar-refractivity contribution < 1.29 is 0 Å². The normalized spacial score (nSPS) is 10.6. The second kappa shape index (κ2) is 5.25. The highest BCUT2D eigenvalue weighted by atomic mass is 35.5. The van der Waals surface area contributed by atoms with Crippen molar-refractivity contribution in [2.45, 2.75) is 23.8 Å². The smallest absolute Gasteiger partial charge is 0.223 e. The third-order valence-corrected chi connectivity index (χ3v) is 3.97. The molecule has 0 saturated carbocycles. The Morgan fingerprint density at radius 2 is 1.94 bits per heavy atom. The number of aromatic nitrogens is 2. The summed E-state index contributed by atoms with van der Waals surface area (Å²) in [6, 6.07) is 6.26. The van der Waals surface area contributed by atoms with Crippen molar-refractivity contribution in [2.75, 3.05) is 0 Å². The van der Waals surface area contributed by atoms with Crippen molar-refractivity contribution in [1.82, 2.24) is 9.97 Å². The third kappa shape index (κ3) is 3.12. The van der Waals surface area contributed by atoms with Gasteiger partial charge in [0, 0.05) is 4.90 Å². The molecule has 1 aromatic carbocycles. The van der Waals surface area contributed by atoms with Gasteiger partial charge in [0.1, 0.15) is 5.03 Å². The lowest BCUT2D eigenvalue weighted by Crippen LogP contribution is -1.88. The molecule has 0 aliphatic heterocycles. The summed E-state index contributed by atoms with van der Waals surface area (Å²) in [5, 5.41) is 1.41. The summed E-state index contributed by atoms with van der Waals surface area (Å²) in [5.41, 5.74) is 2.39. The summed E-state index contributed by atoms with van der Waals surface area (Å²) < 4.78 is 0. The summed E-state index contributed by atoms with van der Waals surface area (Å²) in [4.78, 5) is 9.08. The fourth-order valence-corrected chi connectivity index (χ4v) is 2.68. The number of benzene rings is 1. The molecule has 1 aromatic heterocycles. The lowest BCUT2D eigenvalue weighted by Gasteiger charge is -2.07. The molecular weight excluding hydrogens is 275 g/mol. The van der Waals surface area contributed by atoms with Crippen molar-refractivity contribution >= 4 is 35.0 Å². The summed E-state index contributed by atoms with van der Waals surface area (Å²) in [6.45, 7) is 4.11. The van der Waals surface area contributed by atoms with Gasteiger partial charge in [0.25, 0.3) is 0 Å². The monoisotopic (exact) mass is 284 g/mol. The Morgan fingerprint density at radius 3 is 2.71 bits per heavy atom. The van der Waals surface area contributed by atoms with E-state index in [2.05, 4.69) is 42.0 Å². The topological polar surface area (TPSA) is 25.8 Å². The van der Waals surface area contributed by atoms with Gasteiger partial charge in [0.05, 0.1) is 11.2 Å². The number of aryl methyl sites for hydroxylation is 2. The molecule has 2 aromatic rings. The van der Waals surface area contributed by atoms with Gasteiger partial charge >= 0.3 is 0 Å². The van der Waals surface area contributed by atoms with E-state index in [0.29, 0.717) is 10.0 Å². The van der Waals surface area contributed by atoms with Gasteiger partial charge in [-0.1, -0.05) is 35.5 Å². The van der Waals surface area contributed by atoms with E-state index >= 15 is 0 Å². The largest absolute Gasteiger partial charge is 0.225 e. The highest BCUT2D eigenvalue weighted by molar-refractivity contribution is 7.99. The summed E-state index contributed by atoms with van der Waals surface area (Å²) >= 11 is 13.3. The molecule has 2 rings (SSSR count). The number of hydrogen-bond acceptors (Lipinski definition) is 3. The zero-order chi connectivity index (χ0) is 12.4. The summed E-state index contributed by atoms with van der Waals surface area (Å²) in [6.07, 6.45) is 1.52. The van der Waals surface area contributed by atoms with Gasteiger partial charge in [0.15, 0.2) is 0 Å². The first-order valence-electron chi connectivity index (χ1n) is 4.99. The molecule has 17 heavy (non-hydrogen) atoms. The molecule has 0 spiro atoms. The molecule has 0 aliphatic rings. The van der Waals surface area contributed by atoms with Gasteiger partial charge < -0.3 is 0 Å². The van der Waals surface area contributed by atoms with Crippen molar-refractivity contribution in [1.29, 1.82) is 0 Å². The minimum Gasteiger partial charge on any atom is -0.225 e. The Morgan fingerprint density at radius 1 is 1.18 bits per heavy atom. The van der Waals surface area contributed by atoms with Crippen molar-refractivity contribution in [3.05, 3.63) is 45.8 Å². The van der Waals surface area contributed by atoms with Gasteiger partial charge in [-0.25, -0.2) is 9.97 Å². The number of nitrogens with zero attached hydrogens (tertiary/aromatic N) is 2. The van der Waals surface area contributed by atoms with Gasteiger partial charge in [-0.05, 0) is 42.6 Å². The maximum Gasteiger partial charge on any atom is 0.223 e. The van der Waals surface area contributed by atoms with E-state index in [9.17, 15) is 0 Å². The molecule has 0 N–H and O–H groups in total. The number of halogens is 2. The maximum absolute atomic E-state index is 6.03. The minimum absolute atomic E-state index is 0.210. The fraction of sp³-hybridized carbons (Fsp3) is 0.167. The average Bonchev–Trinajstić information content (AvgIpc) is 2.28. The van der Waals surface area contributed by atoms with Crippen LogP contribution in [0.5, 0.6) is 0 Å². The van der Waals surface area contributed by atoms with E-state index in [0.717, 1.165) is 4.90 Å². The highest BCUT2D eigenvalue weighted by Gasteiger charge is 2.08. The molecule has 88 valence electrons. The van der Waals surface area contributed by atoms with Crippen molar-refractivity contribution in [3.63, 3.8) is 0 Å². The number of rotatable bonds is 2. The molecule has 0 fully saturated rings. The molecule has 2 nitrogen and oxygen atoms in total. The molecular formula is C12H10Cl2N2S. The van der Waals surface area contributed by atoms with Gasteiger partial charge in [-0.15, -0.1) is 0 Å². The van der Waals surface area contributed by atoms with Crippen LogP contribution in [0.3, 0.4) is 0 Å². The standard InChI is InChI=1S/C12H10Cl2N2S/c1-7-3-4-8(2)10(5-7)17-11-9(13)6-15-12(14)16-11/h3-6H,1-2H3. The lowest BCUT2D eigenvalue weighted by molar-refractivity contribution is 1.05. The Labute approximate surface area is 114 Å². The van der Waals surface area contributed by atoms with Crippen LogP contribution >= 0.6 is 35.0 Å². The zero-order valence-corrected chi connectivity index (χ0v) is 11.7. The van der Waals surface area contributed by atoms with Gasteiger partial charge in [-0.2, -0.15) is 0 Å². The number of hydrogen-bond donors (Lipinski definition) is 0. The molecule has 1 heterocycles. The van der Waals surface area contributed by atoms with Crippen molar-refractivity contribution in [2.24, 2.45) is 0 Å². The fourth-order valence-electron chi connectivity index (χ4n) is 1.32. The van der Waals surface area contributed by atoms with Crippen LogP contribution < -0.4 is 0 Å². The Balaban J connectivity index is 2.37. The van der Waals surface area contributed by atoms with E-state index in [1.165, 1.54) is 29.1 Å². The second-order valence-electron chi connectivity index (χ2n) is 3.66. The van der Waals surface area contributed by atoms with Gasteiger partial charge in [-0.3, -0.25) is 0 Å². The second-order valence-corrected chi connectivity index (χ2v) is 5.44. The first kappa shape index (κ1) is 12.7. The molecule has 0 atom stereocenters. The zero-order valence-electron chi connectivity index (χ0n) is 9.37. The quantitative estimate of drug-likeness (QED) is 0.598. The molecule has 0 radical (unpaired) electrons. The van der Waals surface area contributed by atoms with Crippen LogP contribution in [0.25, 0.3) is 0 Å². The Hall–Kier alpha value is -0.770. The van der Waals surface area contributed by atoms with Gasteiger partial charge in [0.2, 0.25) is 5.28 Å². The Kier molecular flexibility index (Phi) is 3.92. The SMILES string of the molecule is Cc1ccc(C)c(Sc2nc(Cl)ncc2Cl)c1. The van der Waals surface area contributed by atoms with Crippen LogP contribution in [-0.2, 0) is 0 Å². The molecule has 0 unspecified atom stereocenters. The van der Waals surface area contributed by atoms with E-state index in [4.69, 9.17) is 23.2 Å². The average molecular weight is 285 g/mol. The molecule has 5 heteroatoms. The van der Waals surface area contributed by atoms with E-state index in [1.807, 2.05) is 0 Å². The van der Waals surface area contributed by atoms with Crippen molar-refractivity contribution in [3.8, 4) is 0 Å². The molecule has 0 saturated heterocycles. The first-order valence-corrected chi connectivity index (χ1v) is 6.56. The molecule has 0 amide bonds. The third-order valence-electron chi connectivity index (χ3n) is 2.23. The van der Waals surface area contributed by atoms with Crippen LogP contribution in [0.4, 0.5) is 0 Å². The van der Waals surface area contributed by atoms with E-state index in [-0.39, 0.29) is 5.28 Å². The highest BCUT2D eigenvalue weighted by Crippen LogP contribution is 2.34. The molecule has 0 aliphatic carbocycles. The van der Waals surface area contributed by atoms with E-state index in [1.54, 1.807) is 0 Å². The maximum atomic E-state index is 6.03. The summed E-state index contributed by atoms with van der Waals surface area (Å²) in [7, 11) is 0. The predicted octanol–water partition coefficient (Wildman–Crippen LogP) is 4.55. The minimum atomic E-state index is 0.210. The van der Waals surface area contributed by atoms with Crippen LogP contribution in [0.15, 0.2) is 34.3 Å². The van der Waals surface area contributed by atoms with Crippen LogP contribution in [0.2, 0.25) is 10.3 Å². The van der Waals surface area contributed by atoms with Crippen LogP contribution in [-0.4, -0.2) is 9.97 Å². The first-order chi connectivity index (χ1) is 8.06. The van der Waals surface area contributed by atoms with Crippen LogP contribution in [0, 0.1) is 13.8 Å². The lowest BCUT2D eigenvalue weighted by atomic mass is 10.2. The predicted molar refractivity (Wildman–Crippen MR) is 72.1 cm³/mol. The van der Waals surface area contributed by atoms with Crippen LogP contribution in [0.1, 0.15) is 11.1 Å². The molecule has 0 bridgehead atoms. The summed E-state index contributed by atoms with van der Waals surface area (Å²) in [5.74, 6) is 0.